The van der Waals surface area contributed by atoms with Gasteiger partial charge in [0, 0.05) is 36.0 Å². The molecule has 0 aliphatic rings. The average molecular weight is 568 g/mol. The zero-order chi connectivity index (χ0) is 23.3. The van der Waals surface area contributed by atoms with Crippen LogP contribution in [0.1, 0.15) is 23.2 Å². The molecule has 0 radical (unpaired) electrons. The summed E-state index contributed by atoms with van der Waals surface area (Å²) in [5.41, 5.74) is -0.551. The predicted molar refractivity (Wildman–Crippen MR) is 113 cm³/mol. The van der Waals surface area contributed by atoms with Crippen LogP contribution in [0.4, 0.5) is 17.6 Å². The maximum Gasteiger partial charge on any atom is 1.00 e. The van der Waals surface area contributed by atoms with Crippen molar-refractivity contribution < 1.29 is 86.5 Å². The molecule has 0 amide bonds. The summed E-state index contributed by atoms with van der Waals surface area (Å²) < 4.78 is 53.7. The van der Waals surface area contributed by atoms with Crippen molar-refractivity contribution in [1.29, 1.82) is 0 Å². The van der Waals surface area contributed by atoms with E-state index in [9.17, 15) is 17.6 Å². The number of rotatable bonds is 9. The number of hydrogen-bond donors (Lipinski definition) is 1. The van der Waals surface area contributed by atoms with Gasteiger partial charge in [-0.25, -0.2) is 9.37 Å². The molecule has 0 unspecified atom stereocenters. The summed E-state index contributed by atoms with van der Waals surface area (Å²) in [7, 11) is 6.99. The summed E-state index contributed by atoms with van der Waals surface area (Å²) in [6.45, 7) is 11.1. The number of aryl methyl sites for hydroxylation is 1. The van der Waals surface area contributed by atoms with Crippen LogP contribution in [-0.4, -0.2) is 44.6 Å². The Bertz CT molecular complexity index is 1020. The molecule has 2 heterocycles. The molecule has 0 atom stereocenters. The van der Waals surface area contributed by atoms with Gasteiger partial charge in [-0.05, 0) is 19.7 Å². The molecule has 32 heavy (non-hydrogen) atoms. The Labute approximate surface area is 243 Å². The first kappa shape index (κ1) is 28.8. The third-order valence-corrected chi connectivity index (χ3v) is 4.28. The van der Waals surface area contributed by atoms with Gasteiger partial charge < -0.3 is 10.2 Å². The first-order valence-corrected chi connectivity index (χ1v) is 9.05. The topological polar surface area (TPSA) is 58.9 Å². The van der Waals surface area contributed by atoms with Crippen LogP contribution in [0.2, 0.25) is 0 Å². The van der Waals surface area contributed by atoms with Gasteiger partial charge in [0.25, 0.3) is 0 Å². The van der Waals surface area contributed by atoms with E-state index >= 15 is 0 Å². The number of pyridine rings is 1. The maximum absolute atomic E-state index is 13.4. The Kier molecular flexibility index (Phi) is 11.1. The fourth-order valence-corrected chi connectivity index (χ4v) is 2.69. The second-order valence-corrected chi connectivity index (χ2v) is 6.78. The molecule has 6 nitrogen and oxygen atoms in total. The first-order chi connectivity index (χ1) is 14.5. The van der Waals surface area contributed by atoms with E-state index in [1.54, 1.807) is 19.0 Å². The normalized spacial score (nSPS) is 11.8. The Morgan fingerprint density at radius 3 is 2.44 bits per heavy atom. The molecule has 0 saturated carbocycles. The Hall–Kier alpha value is -1.22. The minimum absolute atomic E-state index is 0. The van der Waals surface area contributed by atoms with Crippen molar-refractivity contribution in [3.63, 3.8) is 0 Å². The van der Waals surface area contributed by atoms with Gasteiger partial charge in [0.05, 0.1) is 23.2 Å². The molecule has 0 aliphatic heterocycles. The van der Waals surface area contributed by atoms with Crippen molar-refractivity contribution in [3.8, 4) is 11.4 Å². The predicted octanol–water partition coefficient (Wildman–Crippen LogP) is 1.58. The van der Waals surface area contributed by atoms with Crippen LogP contribution < -0.4 is 74.2 Å². The summed E-state index contributed by atoms with van der Waals surface area (Å²) in [6.07, 6.45) is -1.47. The summed E-state index contributed by atoms with van der Waals surface area (Å²) in [4.78, 5) is 6.99. The third kappa shape index (κ3) is 7.40. The van der Waals surface area contributed by atoms with Crippen molar-refractivity contribution >= 4 is 17.3 Å². The molecule has 166 valence electrons. The minimum Gasteiger partial charge on any atom is -0.461 e. The molecule has 0 aliphatic carbocycles. The van der Waals surface area contributed by atoms with Crippen LogP contribution in [-0.2, 0) is 7.05 Å². The molecule has 2 rings (SSSR count). The number of allylic oxidation sites excluding steroid dienone is 1. The third-order valence-electron chi connectivity index (χ3n) is 4.28. The average Bonchev–Trinajstić information content (AvgIpc) is 3.14. The second-order valence-electron chi connectivity index (χ2n) is 6.78. The van der Waals surface area contributed by atoms with Gasteiger partial charge in [-0.15, -0.1) is 0 Å². The van der Waals surface area contributed by atoms with Gasteiger partial charge in [0.2, 0.25) is 0 Å². The fraction of sp³-hybridized carbons (Fsp3) is 0.238. The minimum atomic E-state index is -4.72. The summed E-state index contributed by atoms with van der Waals surface area (Å²) >= 11 is 0. The number of hydrogen-bond acceptors (Lipinski definition) is 5. The van der Waals surface area contributed by atoms with E-state index in [0.29, 0.717) is 12.9 Å². The van der Waals surface area contributed by atoms with Gasteiger partial charge in [0.1, 0.15) is 12.0 Å². The van der Waals surface area contributed by atoms with Crippen molar-refractivity contribution in [3.05, 3.63) is 67.9 Å². The van der Waals surface area contributed by atoms with E-state index in [-0.39, 0.29) is 109 Å². The van der Waals surface area contributed by atoms with Gasteiger partial charge in [-0.1, -0.05) is 25.8 Å². The number of nitrogens with zero attached hydrogens (tertiary/aromatic N) is 5. The van der Waals surface area contributed by atoms with Crippen LogP contribution in [0.15, 0.2) is 44.0 Å². The van der Waals surface area contributed by atoms with Crippen LogP contribution in [0.3, 0.4) is 0 Å². The molecule has 0 spiro atoms. The second kappa shape index (κ2) is 12.3. The van der Waals surface area contributed by atoms with Crippen molar-refractivity contribution in [2.24, 2.45) is 7.05 Å². The van der Waals surface area contributed by atoms with E-state index in [2.05, 4.69) is 47.3 Å². The van der Waals surface area contributed by atoms with Crippen molar-refractivity contribution in [2.75, 3.05) is 13.6 Å². The Morgan fingerprint density at radius 1 is 1.31 bits per heavy atom. The van der Waals surface area contributed by atoms with E-state index in [0.717, 1.165) is 0 Å². The molecule has 2 aromatic heterocycles. The van der Waals surface area contributed by atoms with E-state index in [4.69, 9.17) is 0 Å². The molecule has 1 N–H and O–H groups in total. The van der Waals surface area contributed by atoms with E-state index < -0.39 is 17.4 Å². The van der Waals surface area contributed by atoms with Gasteiger partial charge in [-0.2, -0.15) is 28.2 Å². The molecular weight excluding hydrogens is 545 g/mol. The quantitative estimate of drug-likeness (QED) is 0.368. The van der Waals surface area contributed by atoms with Crippen LogP contribution in [0, 0.1) is 7.05 Å². The number of aromatic nitrogens is 4. The molecule has 0 fully saturated rings. The van der Waals surface area contributed by atoms with E-state index in [1.165, 1.54) is 23.1 Å². The molecule has 11 heteroatoms. The Morgan fingerprint density at radius 2 is 1.97 bits per heavy atom. The van der Waals surface area contributed by atoms with Crippen LogP contribution >= 0.6 is 0 Å². The Balaban J connectivity index is 0.00000512. The van der Waals surface area contributed by atoms with Crippen molar-refractivity contribution in [1.82, 2.24) is 30.2 Å². The van der Waals surface area contributed by atoms with Crippen LogP contribution in [0.5, 0.6) is 0 Å². The molecule has 2 aromatic rings. The van der Waals surface area contributed by atoms with E-state index in [1.807, 2.05) is 0 Å². The molecular formula is C21H23CsF4N6. The maximum atomic E-state index is 13.4. The summed E-state index contributed by atoms with van der Waals surface area (Å²) in [5.74, 6) is 0. The standard InChI is InChI=1S/C21H23F4N6.Cs/c1-7-16-17(14(3)27-15(11-22)8-9-30(4)5)10-18(19-12-26-31(6)29-19)28-20(16)13(2)21(23,24)25;/h7,10-12,27H,1-4,8-9H2,5-6H3;/q-1;+1/b15-11-;. The number of halogens is 4. The SMILES string of the molecule is C=Cc1c(C(=C)N/C(=C\F)CCN([CH2-])C)cc(-c2cnn(C)n2)nc1C(=C)C(F)(F)F.[Cs+]. The van der Waals surface area contributed by atoms with Gasteiger partial charge in [-0.3, -0.25) is 7.05 Å². The number of nitrogens with one attached hydrogen (secondary N) is 1. The molecule has 0 saturated heterocycles. The zero-order valence-corrected chi connectivity index (χ0v) is 24.6. The smallest absolute Gasteiger partial charge is 0.461 e. The molecule has 0 aromatic carbocycles. The number of alkyl halides is 3. The monoisotopic (exact) mass is 568 g/mol. The van der Waals surface area contributed by atoms with Gasteiger partial charge in [0.15, 0.2) is 0 Å². The molecule has 0 bridgehead atoms. The zero-order valence-electron chi connectivity index (χ0n) is 18.3. The fourth-order valence-electron chi connectivity index (χ4n) is 2.69. The first-order valence-electron chi connectivity index (χ1n) is 9.05. The van der Waals surface area contributed by atoms with Gasteiger partial charge >= 0.3 is 75.1 Å². The largest absolute Gasteiger partial charge is 1.00 e. The van der Waals surface area contributed by atoms with Crippen molar-refractivity contribution in [2.45, 2.75) is 12.6 Å². The summed E-state index contributed by atoms with van der Waals surface area (Å²) in [6, 6.07) is 1.49. The summed E-state index contributed by atoms with van der Waals surface area (Å²) in [5, 5.41) is 10.8. The van der Waals surface area contributed by atoms with Crippen LogP contribution in [0.25, 0.3) is 28.7 Å².